The van der Waals surface area contributed by atoms with Crippen molar-refractivity contribution in [3.05, 3.63) is 83.3 Å². The lowest BCUT2D eigenvalue weighted by molar-refractivity contribution is -0.152. The number of aliphatic hydroxyl groups is 4. The van der Waals surface area contributed by atoms with Crippen LogP contribution < -0.4 is 0 Å². The van der Waals surface area contributed by atoms with E-state index in [2.05, 4.69) is 16.4 Å². The standard InChI is InChI=1S/C38H57N3O8/c1-25(12-10-13-26(2)21-33(44)34(45)22-30(6)42)20-27(3)18-19-38(47)48-35-16-11-17-37(46)49-36(15-9-8-14-28(35)4)29(5)23-41-24-32(31(7)43)39-40-41/h8-10,12-13,18-21,24,28-31,33-36,42-45H,11,14-17,22-23H2,1-7H3/b9-8+,13-10+,19-18+,25-12+,26-21+,27-20+/t28-,29-,30-,31-,33-,34-,35-,36?/m0/s1. The van der Waals surface area contributed by atoms with Crippen LogP contribution in [0.2, 0.25) is 0 Å². The molecule has 2 rings (SSSR count). The maximum atomic E-state index is 12.8. The van der Waals surface area contributed by atoms with Crippen molar-refractivity contribution in [2.45, 2.75) is 130 Å². The smallest absolute Gasteiger partial charge is 0.331 e. The van der Waals surface area contributed by atoms with Crippen molar-refractivity contribution in [2.24, 2.45) is 11.8 Å². The highest BCUT2D eigenvalue weighted by Crippen LogP contribution is 2.23. The SMILES string of the molecule is CC(=C\C=C\C(C)=C\[C@H](O)[C@@H](O)C[C@H](C)O)/C=C(C)/C=C/C(=O)O[C@H]1CCCC(=O)OC([C@@H](C)Cn2cc([C@H](C)O)nn2)C/C=C/C[C@@H]1C. The average Bonchev–Trinajstić information content (AvgIpc) is 3.48. The number of cyclic esters (lactones) is 1. The number of hydrogen-bond donors (Lipinski definition) is 4. The Kier molecular flexibility index (Phi) is 18.2. The van der Waals surface area contributed by atoms with Crippen LogP contribution in [-0.2, 0) is 25.6 Å². The lowest BCUT2D eigenvalue weighted by Crippen LogP contribution is -2.29. The molecule has 0 amide bonds. The number of rotatable bonds is 14. The molecular formula is C38H57N3O8. The molecular weight excluding hydrogens is 626 g/mol. The third-order valence-corrected chi connectivity index (χ3v) is 8.26. The first kappa shape index (κ1) is 41.5. The summed E-state index contributed by atoms with van der Waals surface area (Å²) in [5.41, 5.74) is 3.07. The number of aliphatic hydroxyl groups excluding tert-OH is 4. The molecule has 0 fully saturated rings. The molecule has 4 N–H and O–H groups in total. The Morgan fingerprint density at radius 1 is 1.04 bits per heavy atom. The highest BCUT2D eigenvalue weighted by atomic mass is 16.5. The number of hydrogen-bond acceptors (Lipinski definition) is 10. The van der Waals surface area contributed by atoms with Gasteiger partial charge < -0.3 is 29.9 Å². The lowest BCUT2D eigenvalue weighted by Gasteiger charge is -2.26. The fourth-order valence-electron chi connectivity index (χ4n) is 5.35. The van der Waals surface area contributed by atoms with E-state index >= 15 is 0 Å². The second-order valence-corrected chi connectivity index (χ2v) is 13.4. The van der Waals surface area contributed by atoms with Crippen molar-refractivity contribution in [1.29, 1.82) is 0 Å². The number of carbonyl (C=O) groups excluding carboxylic acids is 2. The molecule has 1 aromatic rings. The Labute approximate surface area is 291 Å². The van der Waals surface area contributed by atoms with E-state index in [1.165, 1.54) is 6.08 Å². The highest BCUT2D eigenvalue weighted by Gasteiger charge is 2.25. The topological polar surface area (TPSA) is 164 Å². The molecule has 1 aromatic heterocycles. The number of carbonyl (C=O) groups is 2. The molecule has 11 heteroatoms. The Bertz CT molecular complexity index is 1370. The van der Waals surface area contributed by atoms with E-state index in [0.717, 1.165) is 16.7 Å². The maximum absolute atomic E-state index is 12.8. The van der Waals surface area contributed by atoms with Crippen LogP contribution in [0.4, 0.5) is 0 Å². The van der Waals surface area contributed by atoms with Crippen molar-refractivity contribution < 1.29 is 39.5 Å². The van der Waals surface area contributed by atoms with Crippen molar-refractivity contribution in [1.82, 2.24) is 15.0 Å². The number of ether oxygens (including phenoxy) is 2. The minimum atomic E-state index is -1.07. The number of allylic oxidation sites excluding steroid dienone is 9. The van der Waals surface area contributed by atoms with Crippen molar-refractivity contribution in [2.75, 3.05) is 0 Å². The molecule has 1 aliphatic heterocycles. The largest absolute Gasteiger partial charge is 0.462 e. The number of aromatic nitrogens is 3. The van der Waals surface area contributed by atoms with Gasteiger partial charge >= 0.3 is 11.9 Å². The van der Waals surface area contributed by atoms with E-state index in [9.17, 15) is 30.0 Å². The van der Waals surface area contributed by atoms with E-state index in [1.807, 2.05) is 65.0 Å². The first-order valence-corrected chi connectivity index (χ1v) is 17.2. The third kappa shape index (κ3) is 16.5. The van der Waals surface area contributed by atoms with Crippen LogP contribution >= 0.6 is 0 Å². The monoisotopic (exact) mass is 683 g/mol. The van der Waals surface area contributed by atoms with Crippen molar-refractivity contribution in [3.8, 4) is 0 Å². The van der Waals surface area contributed by atoms with Crippen LogP contribution in [-0.4, -0.2) is 77.9 Å². The van der Waals surface area contributed by atoms with Gasteiger partial charge in [-0.1, -0.05) is 84.4 Å². The van der Waals surface area contributed by atoms with E-state index in [0.29, 0.717) is 37.9 Å². The Morgan fingerprint density at radius 3 is 2.43 bits per heavy atom. The van der Waals surface area contributed by atoms with E-state index < -0.39 is 30.4 Å². The van der Waals surface area contributed by atoms with Gasteiger partial charge in [0, 0.05) is 37.8 Å². The molecule has 272 valence electrons. The molecule has 1 unspecified atom stereocenters. The molecule has 0 bridgehead atoms. The van der Waals surface area contributed by atoms with Gasteiger partial charge in [-0.25, -0.2) is 4.79 Å². The summed E-state index contributed by atoms with van der Waals surface area (Å²) in [4.78, 5) is 25.5. The molecule has 49 heavy (non-hydrogen) atoms. The molecule has 0 radical (unpaired) electrons. The Hall–Kier alpha value is -3.64. The lowest BCUT2D eigenvalue weighted by atomic mass is 9.94. The molecule has 0 spiro atoms. The summed E-state index contributed by atoms with van der Waals surface area (Å²) in [6, 6.07) is 0. The van der Waals surface area contributed by atoms with Gasteiger partial charge in [0.15, 0.2) is 0 Å². The molecule has 11 nitrogen and oxygen atoms in total. The van der Waals surface area contributed by atoms with Gasteiger partial charge in [-0.2, -0.15) is 0 Å². The summed E-state index contributed by atoms with van der Waals surface area (Å²) in [5.74, 6) is -0.702. The summed E-state index contributed by atoms with van der Waals surface area (Å²) < 4.78 is 13.4. The molecule has 1 aliphatic rings. The van der Waals surface area contributed by atoms with Crippen molar-refractivity contribution >= 4 is 11.9 Å². The zero-order valence-corrected chi connectivity index (χ0v) is 30.1. The Morgan fingerprint density at radius 2 is 1.76 bits per heavy atom. The minimum Gasteiger partial charge on any atom is -0.462 e. The second-order valence-electron chi connectivity index (χ2n) is 13.4. The maximum Gasteiger partial charge on any atom is 0.331 e. The van der Waals surface area contributed by atoms with Gasteiger partial charge in [0.2, 0.25) is 0 Å². The molecule has 0 aliphatic carbocycles. The van der Waals surface area contributed by atoms with E-state index in [-0.39, 0.29) is 42.9 Å². The number of esters is 2. The predicted octanol–water partition coefficient (Wildman–Crippen LogP) is 5.39. The van der Waals surface area contributed by atoms with Gasteiger partial charge in [-0.15, -0.1) is 5.10 Å². The van der Waals surface area contributed by atoms with Gasteiger partial charge in [0.1, 0.15) is 17.9 Å². The third-order valence-electron chi connectivity index (χ3n) is 8.26. The summed E-state index contributed by atoms with van der Waals surface area (Å²) in [6.07, 6.45) is 16.4. The van der Waals surface area contributed by atoms with Crippen LogP contribution in [0.1, 0.15) is 98.8 Å². The molecule has 0 saturated heterocycles. The van der Waals surface area contributed by atoms with Gasteiger partial charge in [-0.3, -0.25) is 9.48 Å². The zero-order valence-electron chi connectivity index (χ0n) is 30.1. The highest BCUT2D eigenvalue weighted by molar-refractivity contribution is 5.82. The van der Waals surface area contributed by atoms with Crippen LogP contribution in [0.3, 0.4) is 0 Å². The van der Waals surface area contributed by atoms with Crippen LogP contribution in [0.25, 0.3) is 0 Å². The number of nitrogens with zero attached hydrogens (tertiary/aromatic N) is 3. The van der Waals surface area contributed by atoms with Crippen molar-refractivity contribution in [3.63, 3.8) is 0 Å². The fraction of sp³-hybridized carbons (Fsp3) is 0.579. The summed E-state index contributed by atoms with van der Waals surface area (Å²) in [7, 11) is 0. The van der Waals surface area contributed by atoms with E-state index in [4.69, 9.17) is 9.47 Å². The first-order valence-electron chi connectivity index (χ1n) is 17.2. The molecule has 2 heterocycles. The average molecular weight is 684 g/mol. The Balaban J connectivity index is 1.94. The van der Waals surface area contributed by atoms with Gasteiger partial charge in [-0.05, 0) is 59.8 Å². The van der Waals surface area contributed by atoms with Gasteiger partial charge in [0.05, 0.1) is 30.6 Å². The van der Waals surface area contributed by atoms with Crippen LogP contribution in [0.5, 0.6) is 0 Å². The zero-order chi connectivity index (χ0) is 36.5. The van der Waals surface area contributed by atoms with Crippen LogP contribution in [0.15, 0.2) is 77.6 Å². The quantitative estimate of drug-likeness (QED) is 0.0865. The fourth-order valence-corrected chi connectivity index (χ4v) is 5.35. The summed E-state index contributed by atoms with van der Waals surface area (Å²) >= 11 is 0. The van der Waals surface area contributed by atoms with E-state index in [1.54, 1.807) is 36.9 Å². The molecule has 0 aromatic carbocycles. The molecule has 0 saturated carbocycles. The normalized spacial score (nSPS) is 24.4. The first-order chi connectivity index (χ1) is 23.1. The second kappa shape index (κ2) is 21.4. The van der Waals surface area contributed by atoms with Crippen LogP contribution in [0, 0.1) is 11.8 Å². The minimum absolute atomic E-state index is 0.0270. The summed E-state index contributed by atoms with van der Waals surface area (Å²) in [5, 5.41) is 47.2. The van der Waals surface area contributed by atoms with Gasteiger partial charge in [0.25, 0.3) is 0 Å². The molecule has 8 atom stereocenters. The summed E-state index contributed by atoms with van der Waals surface area (Å²) in [6.45, 7) is 13.4. The predicted molar refractivity (Wildman–Crippen MR) is 189 cm³/mol.